The maximum atomic E-state index is 12.4. The summed E-state index contributed by atoms with van der Waals surface area (Å²) in [5, 5.41) is 15.9. The molecule has 0 saturated carbocycles. The Hall–Kier alpha value is -3.00. The Labute approximate surface area is 157 Å². The summed E-state index contributed by atoms with van der Waals surface area (Å²) in [5.41, 5.74) is 2.65. The predicted octanol–water partition coefficient (Wildman–Crippen LogP) is 1.48. The van der Waals surface area contributed by atoms with Gasteiger partial charge >= 0.3 is 0 Å². The first kappa shape index (κ1) is 17.4. The lowest BCUT2D eigenvalue weighted by molar-refractivity contribution is -0.117. The molecule has 0 fully saturated rings. The van der Waals surface area contributed by atoms with Gasteiger partial charge in [-0.2, -0.15) is 5.10 Å². The third kappa shape index (κ3) is 3.75. The van der Waals surface area contributed by atoms with E-state index in [0.29, 0.717) is 6.54 Å². The molecule has 1 amide bonds. The summed E-state index contributed by atoms with van der Waals surface area (Å²) in [6, 6.07) is 10.1. The summed E-state index contributed by atoms with van der Waals surface area (Å²) >= 11 is 0. The average molecular weight is 365 g/mol. The van der Waals surface area contributed by atoms with Crippen LogP contribution in [0.2, 0.25) is 0 Å². The van der Waals surface area contributed by atoms with Gasteiger partial charge < -0.3 is 9.88 Å². The van der Waals surface area contributed by atoms with Crippen LogP contribution in [0.5, 0.6) is 0 Å². The molecule has 0 atom stereocenters. The molecular weight excluding hydrogens is 342 g/mol. The number of aryl methyl sites for hydroxylation is 2. The van der Waals surface area contributed by atoms with Crippen molar-refractivity contribution in [3.8, 4) is 11.4 Å². The van der Waals surface area contributed by atoms with Gasteiger partial charge in [0.15, 0.2) is 5.82 Å². The van der Waals surface area contributed by atoms with E-state index in [2.05, 4.69) is 30.1 Å². The number of fused-ring (bicyclic) bond motifs is 1. The molecule has 0 radical (unpaired) electrons. The number of benzene rings is 1. The topological polar surface area (TPSA) is 80.9 Å². The van der Waals surface area contributed by atoms with Gasteiger partial charge in [0.2, 0.25) is 5.91 Å². The molecule has 1 aromatic carbocycles. The minimum atomic E-state index is -0.0213. The molecule has 140 valence electrons. The smallest absolute Gasteiger partial charge is 0.238 e. The lowest BCUT2D eigenvalue weighted by atomic mass is 10.2. The molecule has 27 heavy (non-hydrogen) atoms. The van der Waals surface area contributed by atoms with Crippen LogP contribution in [0.3, 0.4) is 0 Å². The first-order valence-corrected chi connectivity index (χ1v) is 9.10. The molecule has 8 nitrogen and oxygen atoms in total. The molecule has 0 bridgehead atoms. The Kier molecular flexibility index (Phi) is 4.72. The van der Waals surface area contributed by atoms with Gasteiger partial charge in [-0.05, 0) is 6.92 Å². The van der Waals surface area contributed by atoms with E-state index in [1.54, 1.807) is 4.68 Å². The highest BCUT2D eigenvalue weighted by molar-refractivity contribution is 5.92. The monoisotopic (exact) mass is 365 g/mol. The number of nitrogens with one attached hydrogen (secondary N) is 1. The van der Waals surface area contributed by atoms with E-state index in [1.165, 1.54) is 0 Å². The third-order valence-electron chi connectivity index (χ3n) is 4.81. The van der Waals surface area contributed by atoms with Gasteiger partial charge in [-0.15, -0.1) is 10.2 Å². The van der Waals surface area contributed by atoms with Crippen LogP contribution in [-0.2, 0) is 24.8 Å². The van der Waals surface area contributed by atoms with Crippen molar-refractivity contribution < 1.29 is 4.79 Å². The van der Waals surface area contributed by atoms with Crippen molar-refractivity contribution in [3.05, 3.63) is 48.0 Å². The van der Waals surface area contributed by atoms with Gasteiger partial charge in [-0.25, -0.2) is 0 Å². The van der Waals surface area contributed by atoms with Crippen LogP contribution in [0.25, 0.3) is 11.4 Å². The summed E-state index contributed by atoms with van der Waals surface area (Å²) in [6.45, 7) is 4.58. The van der Waals surface area contributed by atoms with Crippen LogP contribution >= 0.6 is 0 Å². The first-order valence-electron chi connectivity index (χ1n) is 9.10. The number of hydrogen-bond acceptors (Lipinski definition) is 5. The highest BCUT2D eigenvalue weighted by Crippen LogP contribution is 2.20. The van der Waals surface area contributed by atoms with Gasteiger partial charge in [0.1, 0.15) is 5.82 Å². The van der Waals surface area contributed by atoms with Crippen LogP contribution in [0.15, 0.2) is 36.5 Å². The molecule has 0 aliphatic carbocycles. The predicted molar refractivity (Wildman–Crippen MR) is 102 cm³/mol. The van der Waals surface area contributed by atoms with Gasteiger partial charge in [0, 0.05) is 44.9 Å². The van der Waals surface area contributed by atoms with E-state index in [-0.39, 0.29) is 5.91 Å². The van der Waals surface area contributed by atoms with Crippen molar-refractivity contribution >= 4 is 11.6 Å². The lowest BCUT2D eigenvalue weighted by Crippen LogP contribution is -2.35. The minimum Gasteiger partial charge on any atom is -0.322 e. The number of carbonyl (C=O) groups is 1. The van der Waals surface area contributed by atoms with Crippen molar-refractivity contribution in [2.75, 3.05) is 25.0 Å². The van der Waals surface area contributed by atoms with E-state index in [9.17, 15) is 4.79 Å². The Bertz CT molecular complexity index is 944. The molecular formula is C19H23N7O. The number of aromatic nitrogens is 5. The maximum absolute atomic E-state index is 12.4. The zero-order valence-electron chi connectivity index (χ0n) is 15.6. The number of anilines is 1. The largest absolute Gasteiger partial charge is 0.322 e. The summed E-state index contributed by atoms with van der Waals surface area (Å²) in [4.78, 5) is 14.6. The SMILES string of the molecule is Cc1nn(C)cc1NC(=O)CN1CCc2nnc(-c3ccccc3)n2CC1. The fraction of sp³-hybridized carbons (Fsp3) is 0.368. The molecule has 0 saturated heterocycles. The standard InChI is InChI=1S/C19H23N7O/c1-14-16(12-24(2)23-14)20-18(27)13-25-9-8-17-21-22-19(26(17)11-10-25)15-6-4-3-5-7-15/h3-7,12H,8-11,13H2,1-2H3,(H,20,27). The molecule has 2 aromatic heterocycles. The van der Waals surface area contributed by atoms with Crippen LogP contribution in [0, 0.1) is 6.92 Å². The van der Waals surface area contributed by atoms with Crippen LogP contribution in [0.1, 0.15) is 11.5 Å². The first-order chi connectivity index (χ1) is 13.1. The van der Waals surface area contributed by atoms with Crippen molar-refractivity contribution in [2.45, 2.75) is 19.9 Å². The van der Waals surface area contributed by atoms with Crippen molar-refractivity contribution in [1.29, 1.82) is 0 Å². The second kappa shape index (κ2) is 7.32. The molecule has 4 rings (SSSR count). The Morgan fingerprint density at radius 2 is 1.96 bits per heavy atom. The highest BCUT2D eigenvalue weighted by atomic mass is 16.2. The Morgan fingerprint density at radius 1 is 1.15 bits per heavy atom. The normalized spacial score (nSPS) is 14.6. The van der Waals surface area contributed by atoms with Crippen LogP contribution in [-0.4, -0.2) is 55.0 Å². The van der Waals surface area contributed by atoms with Gasteiger partial charge in [0.05, 0.1) is 17.9 Å². The second-order valence-electron chi connectivity index (χ2n) is 6.83. The van der Waals surface area contributed by atoms with Gasteiger partial charge in [-0.3, -0.25) is 14.4 Å². The minimum absolute atomic E-state index is 0.0213. The van der Waals surface area contributed by atoms with Crippen molar-refractivity contribution in [3.63, 3.8) is 0 Å². The van der Waals surface area contributed by atoms with E-state index in [1.807, 2.05) is 50.5 Å². The summed E-state index contributed by atoms with van der Waals surface area (Å²) in [6.07, 6.45) is 2.60. The van der Waals surface area contributed by atoms with Gasteiger partial charge in [-0.1, -0.05) is 30.3 Å². The van der Waals surface area contributed by atoms with Crippen LogP contribution in [0.4, 0.5) is 5.69 Å². The molecule has 1 aliphatic heterocycles. The summed E-state index contributed by atoms with van der Waals surface area (Å²) in [5.74, 6) is 1.84. The Balaban J connectivity index is 1.41. The summed E-state index contributed by atoms with van der Waals surface area (Å²) in [7, 11) is 1.84. The third-order valence-corrected chi connectivity index (χ3v) is 4.81. The number of carbonyl (C=O) groups excluding carboxylic acids is 1. The van der Waals surface area contributed by atoms with Crippen LogP contribution < -0.4 is 5.32 Å². The highest BCUT2D eigenvalue weighted by Gasteiger charge is 2.21. The number of nitrogens with zero attached hydrogens (tertiary/aromatic N) is 6. The molecule has 3 heterocycles. The molecule has 0 spiro atoms. The molecule has 3 aromatic rings. The quantitative estimate of drug-likeness (QED) is 0.758. The zero-order valence-corrected chi connectivity index (χ0v) is 15.6. The fourth-order valence-corrected chi connectivity index (χ4v) is 3.44. The second-order valence-corrected chi connectivity index (χ2v) is 6.83. The van der Waals surface area contributed by atoms with E-state index >= 15 is 0 Å². The Morgan fingerprint density at radius 3 is 2.70 bits per heavy atom. The lowest BCUT2D eigenvalue weighted by Gasteiger charge is -2.18. The summed E-state index contributed by atoms with van der Waals surface area (Å²) < 4.78 is 3.87. The van der Waals surface area contributed by atoms with Crippen molar-refractivity contribution in [2.24, 2.45) is 7.05 Å². The van der Waals surface area contributed by atoms with Gasteiger partial charge in [0.25, 0.3) is 0 Å². The zero-order chi connectivity index (χ0) is 18.8. The number of hydrogen-bond donors (Lipinski definition) is 1. The molecule has 1 aliphatic rings. The molecule has 0 unspecified atom stereocenters. The average Bonchev–Trinajstić information content (AvgIpc) is 3.14. The maximum Gasteiger partial charge on any atom is 0.238 e. The number of rotatable bonds is 4. The van der Waals surface area contributed by atoms with Crippen molar-refractivity contribution in [1.82, 2.24) is 29.4 Å². The van der Waals surface area contributed by atoms with E-state index in [4.69, 9.17) is 0 Å². The van der Waals surface area contributed by atoms with E-state index < -0.39 is 0 Å². The molecule has 8 heteroatoms. The molecule has 1 N–H and O–H groups in total. The fourth-order valence-electron chi connectivity index (χ4n) is 3.44. The van der Waals surface area contributed by atoms with E-state index in [0.717, 1.165) is 54.6 Å². The number of amides is 1.